The molecular weight excluding hydrogens is 488 g/mol. The predicted molar refractivity (Wildman–Crippen MR) is 145 cm³/mol. The number of methoxy groups -OCH3 is 2. The van der Waals surface area contributed by atoms with Crippen LogP contribution < -0.4 is 19.5 Å². The summed E-state index contributed by atoms with van der Waals surface area (Å²) in [7, 11) is 3.10. The minimum absolute atomic E-state index is 0.0588. The van der Waals surface area contributed by atoms with Crippen molar-refractivity contribution >= 4 is 34.4 Å². The summed E-state index contributed by atoms with van der Waals surface area (Å²) in [5.41, 5.74) is 2.35. The molecule has 7 heteroatoms. The normalized spacial score (nSPS) is 11.0. The monoisotopic (exact) mass is 512 g/mol. The molecule has 1 N–H and O–H groups in total. The molecule has 4 aromatic rings. The van der Waals surface area contributed by atoms with Gasteiger partial charge >= 0.3 is 0 Å². The van der Waals surface area contributed by atoms with Crippen LogP contribution in [0.1, 0.15) is 16.7 Å². The van der Waals surface area contributed by atoms with Gasteiger partial charge in [-0.1, -0.05) is 60.1 Å². The van der Waals surface area contributed by atoms with E-state index in [2.05, 4.69) is 17.4 Å². The van der Waals surface area contributed by atoms with Crippen molar-refractivity contribution in [2.75, 3.05) is 14.2 Å². The van der Waals surface area contributed by atoms with E-state index in [1.165, 1.54) is 13.2 Å². The number of hydrogen-bond acceptors (Lipinski definition) is 5. The molecule has 0 aliphatic carbocycles. The molecule has 0 unspecified atom stereocenters. The van der Waals surface area contributed by atoms with Crippen LogP contribution in [0, 0.1) is 11.3 Å². The second kappa shape index (κ2) is 12.0. The van der Waals surface area contributed by atoms with Crippen LogP contribution in [0.2, 0.25) is 5.02 Å². The first-order valence-corrected chi connectivity index (χ1v) is 11.9. The van der Waals surface area contributed by atoms with Gasteiger partial charge in [-0.15, -0.1) is 0 Å². The second-order valence-electron chi connectivity index (χ2n) is 8.20. The quantitative estimate of drug-likeness (QED) is 0.210. The van der Waals surface area contributed by atoms with Crippen LogP contribution in [-0.2, 0) is 17.9 Å². The number of benzene rings is 4. The number of nitrogens with one attached hydrogen (secondary N) is 1. The first-order chi connectivity index (χ1) is 18.0. The van der Waals surface area contributed by atoms with Gasteiger partial charge in [0.15, 0.2) is 11.5 Å². The largest absolute Gasteiger partial charge is 0.497 e. The molecule has 0 radical (unpaired) electrons. The highest BCUT2D eigenvalue weighted by Crippen LogP contribution is 2.37. The topological polar surface area (TPSA) is 80.6 Å². The summed E-state index contributed by atoms with van der Waals surface area (Å²) >= 11 is 6.52. The molecular formula is C30H25ClN2O4. The Balaban J connectivity index is 1.47. The Morgan fingerprint density at radius 3 is 2.38 bits per heavy atom. The molecule has 0 saturated carbocycles. The number of carbonyl (C=O) groups excluding carboxylic acids is 1. The Morgan fingerprint density at radius 2 is 1.68 bits per heavy atom. The lowest BCUT2D eigenvalue weighted by molar-refractivity contribution is -0.117. The first kappa shape index (κ1) is 25.6. The molecule has 1 amide bonds. The van der Waals surface area contributed by atoms with Crippen LogP contribution in [0.4, 0.5) is 0 Å². The maximum Gasteiger partial charge on any atom is 0.262 e. The van der Waals surface area contributed by atoms with Gasteiger partial charge in [0.1, 0.15) is 24.0 Å². The van der Waals surface area contributed by atoms with Crippen molar-refractivity contribution in [1.29, 1.82) is 5.26 Å². The molecule has 186 valence electrons. The molecule has 4 rings (SSSR count). The summed E-state index contributed by atoms with van der Waals surface area (Å²) in [6.07, 6.45) is 1.46. The Bertz CT molecular complexity index is 1490. The molecule has 0 aliphatic heterocycles. The summed E-state index contributed by atoms with van der Waals surface area (Å²) in [5, 5.41) is 14.9. The SMILES string of the molecule is COc1ccc(CNC(=O)/C(C#N)=C\c2cc(Cl)c(OCc3ccc4ccccc4c3)c(OC)c2)cc1. The van der Waals surface area contributed by atoms with Crippen LogP contribution in [-0.4, -0.2) is 20.1 Å². The van der Waals surface area contributed by atoms with E-state index in [0.29, 0.717) is 28.7 Å². The third-order valence-corrected chi connectivity index (χ3v) is 6.02. The molecule has 4 aromatic carbocycles. The van der Waals surface area contributed by atoms with Crippen molar-refractivity contribution < 1.29 is 19.0 Å². The molecule has 0 heterocycles. The minimum atomic E-state index is -0.495. The van der Waals surface area contributed by atoms with E-state index >= 15 is 0 Å². The number of halogens is 1. The molecule has 0 aliphatic rings. The van der Waals surface area contributed by atoms with Crippen molar-refractivity contribution in [3.05, 3.63) is 106 Å². The second-order valence-corrected chi connectivity index (χ2v) is 8.61. The number of amides is 1. The third-order valence-electron chi connectivity index (χ3n) is 5.74. The van der Waals surface area contributed by atoms with Gasteiger partial charge in [0, 0.05) is 6.54 Å². The maximum absolute atomic E-state index is 12.6. The van der Waals surface area contributed by atoms with Crippen molar-refractivity contribution in [2.24, 2.45) is 0 Å². The van der Waals surface area contributed by atoms with Crippen LogP contribution in [0.5, 0.6) is 17.2 Å². The van der Waals surface area contributed by atoms with Gasteiger partial charge in [0.2, 0.25) is 0 Å². The Hall–Kier alpha value is -4.47. The zero-order chi connectivity index (χ0) is 26.2. The highest BCUT2D eigenvalue weighted by atomic mass is 35.5. The number of hydrogen-bond donors (Lipinski definition) is 1. The van der Waals surface area contributed by atoms with Crippen molar-refractivity contribution in [1.82, 2.24) is 5.32 Å². The highest BCUT2D eigenvalue weighted by molar-refractivity contribution is 6.32. The minimum Gasteiger partial charge on any atom is -0.497 e. The zero-order valence-corrected chi connectivity index (χ0v) is 21.2. The third kappa shape index (κ3) is 6.40. The van der Waals surface area contributed by atoms with Crippen LogP contribution >= 0.6 is 11.6 Å². The van der Waals surface area contributed by atoms with E-state index in [0.717, 1.165) is 27.6 Å². The highest BCUT2D eigenvalue weighted by Gasteiger charge is 2.14. The Labute approximate surface area is 220 Å². The molecule has 0 spiro atoms. The van der Waals surface area contributed by atoms with Gasteiger partial charge in [-0.05, 0) is 63.9 Å². The Morgan fingerprint density at radius 1 is 0.946 bits per heavy atom. The smallest absolute Gasteiger partial charge is 0.262 e. The van der Waals surface area contributed by atoms with Gasteiger partial charge in [-0.2, -0.15) is 5.26 Å². The summed E-state index contributed by atoms with van der Waals surface area (Å²) in [5.74, 6) is 1.01. The molecule has 0 aromatic heterocycles. The maximum atomic E-state index is 12.6. The van der Waals surface area contributed by atoms with Crippen LogP contribution in [0.25, 0.3) is 16.8 Å². The molecule has 0 saturated heterocycles. The van der Waals surface area contributed by atoms with Gasteiger partial charge in [-0.3, -0.25) is 4.79 Å². The fourth-order valence-corrected chi connectivity index (χ4v) is 4.06. The fraction of sp³-hybridized carbons (Fsp3) is 0.133. The fourth-order valence-electron chi connectivity index (χ4n) is 3.78. The molecule has 0 fully saturated rings. The van der Waals surface area contributed by atoms with E-state index < -0.39 is 5.91 Å². The van der Waals surface area contributed by atoms with Gasteiger partial charge in [0.25, 0.3) is 5.91 Å². The van der Waals surface area contributed by atoms with E-state index in [1.807, 2.05) is 48.5 Å². The molecule has 37 heavy (non-hydrogen) atoms. The number of ether oxygens (including phenoxy) is 3. The van der Waals surface area contributed by atoms with Gasteiger partial charge in [0.05, 0.1) is 19.2 Å². The zero-order valence-electron chi connectivity index (χ0n) is 20.5. The molecule has 0 bridgehead atoms. The number of fused-ring (bicyclic) bond motifs is 1. The number of carbonyl (C=O) groups is 1. The van der Waals surface area contributed by atoms with Gasteiger partial charge in [-0.25, -0.2) is 0 Å². The standard InChI is InChI=1S/C30H25ClN2O4/c1-35-26-11-8-20(9-12-26)18-33-30(34)25(17-32)14-22-15-27(31)29(28(16-22)36-2)37-19-21-7-10-23-5-3-4-6-24(23)13-21/h3-16H,18-19H2,1-2H3,(H,33,34)/b25-14-. The summed E-state index contributed by atoms with van der Waals surface area (Å²) in [4.78, 5) is 12.6. The Kier molecular flexibility index (Phi) is 8.29. The van der Waals surface area contributed by atoms with Crippen molar-refractivity contribution in [3.63, 3.8) is 0 Å². The average Bonchev–Trinajstić information content (AvgIpc) is 2.93. The van der Waals surface area contributed by atoms with E-state index in [4.69, 9.17) is 25.8 Å². The summed E-state index contributed by atoms with van der Waals surface area (Å²) in [6.45, 7) is 0.570. The van der Waals surface area contributed by atoms with E-state index in [9.17, 15) is 10.1 Å². The van der Waals surface area contributed by atoms with Crippen molar-refractivity contribution in [2.45, 2.75) is 13.2 Å². The number of nitriles is 1. The van der Waals surface area contributed by atoms with E-state index in [-0.39, 0.29) is 12.1 Å². The van der Waals surface area contributed by atoms with Crippen LogP contribution in [0.3, 0.4) is 0 Å². The van der Waals surface area contributed by atoms with E-state index in [1.54, 1.807) is 31.4 Å². The summed E-state index contributed by atoms with van der Waals surface area (Å²) < 4.78 is 16.6. The number of nitrogens with zero attached hydrogens (tertiary/aromatic N) is 1. The lowest BCUT2D eigenvalue weighted by Crippen LogP contribution is -2.23. The first-order valence-electron chi connectivity index (χ1n) is 11.5. The summed E-state index contributed by atoms with van der Waals surface area (Å²) in [6, 6.07) is 26.8. The molecule has 0 atom stereocenters. The van der Waals surface area contributed by atoms with Gasteiger partial charge < -0.3 is 19.5 Å². The lowest BCUT2D eigenvalue weighted by atomic mass is 10.1. The lowest BCUT2D eigenvalue weighted by Gasteiger charge is -2.14. The van der Waals surface area contributed by atoms with Crippen molar-refractivity contribution in [3.8, 4) is 23.3 Å². The van der Waals surface area contributed by atoms with Crippen LogP contribution in [0.15, 0.2) is 84.4 Å². The molecule has 6 nitrogen and oxygen atoms in total. The average molecular weight is 513 g/mol. The number of rotatable bonds is 9. The predicted octanol–water partition coefficient (Wildman–Crippen LogP) is 6.31.